The van der Waals surface area contributed by atoms with Crippen LogP contribution in [0.15, 0.2) is 60.8 Å². The number of nitrogens with zero attached hydrogens (tertiary/aromatic N) is 2. The SMILES string of the molecule is CCc1cccc(CC)c1NCCN(CCNc1c(CC)cccc1CC)Cc1ccccn1. The number of aryl methyl sites for hydroxylation is 4. The quantitative estimate of drug-likeness (QED) is 0.295. The van der Waals surface area contributed by atoms with Crippen LogP contribution in [0.3, 0.4) is 0 Å². The van der Waals surface area contributed by atoms with Gasteiger partial charge in [-0.2, -0.15) is 0 Å². The van der Waals surface area contributed by atoms with Crippen molar-refractivity contribution in [2.45, 2.75) is 59.9 Å². The molecule has 4 nitrogen and oxygen atoms in total. The van der Waals surface area contributed by atoms with Gasteiger partial charge in [0.05, 0.1) is 5.69 Å². The monoisotopic (exact) mass is 458 g/mol. The Morgan fingerprint density at radius 2 is 1.09 bits per heavy atom. The highest BCUT2D eigenvalue weighted by Crippen LogP contribution is 2.23. The smallest absolute Gasteiger partial charge is 0.0543 e. The summed E-state index contributed by atoms with van der Waals surface area (Å²) < 4.78 is 0. The van der Waals surface area contributed by atoms with Gasteiger partial charge in [0.2, 0.25) is 0 Å². The molecule has 0 aliphatic heterocycles. The maximum absolute atomic E-state index is 4.58. The number of hydrogen-bond donors (Lipinski definition) is 2. The summed E-state index contributed by atoms with van der Waals surface area (Å²) in [6, 6.07) is 19.5. The van der Waals surface area contributed by atoms with Crippen molar-refractivity contribution >= 4 is 11.4 Å². The van der Waals surface area contributed by atoms with Crippen molar-refractivity contribution < 1.29 is 0 Å². The molecule has 0 amide bonds. The summed E-state index contributed by atoms with van der Waals surface area (Å²) in [5.74, 6) is 0. The van der Waals surface area contributed by atoms with E-state index in [1.54, 1.807) is 0 Å². The van der Waals surface area contributed by atoms with Gasteiger partial charge >= 0.3 is 0 Å². The molecule has 1 aromatic heterocycles. The molecule has 0 saturated heterocycles. The van der Waals surface area contributed by atoms with Gasteiger partial charge in [-0.05, 0) is 60.1 Å². The van der Waals surface area contributed by atoms with Crippen molar-refractivity contribution in [1.82, 2.24) is 9.88 Å². The second kappa shape index (κ2) is 13.8. The first-order valence-electron chi connectivity index (χ1n) is 13.0. The second-order valence-corrected chi connectivity index (χ2v) is 8.77. The van der Waals surface area contributed by atoms with Crippen LogP contribution in [0.5, 0.6) is 0 Å². The van der Waals surface area contributed by atoms with Crippen LogP contribution in [-0.2, 0) is 32.2 Å². The van der Waals surface area contributed by atoms with Gasteiger partial charge in [0, 0.05) is 50.3 Å². The fourth-order valence-electron chi connectivity index (χ4n) is 4.61. The zero-order valence-corrected chi connectivity index (χ0v) is 21.5. The number of aromatic nitrogens is 1. The van der Waals surface area contributed by atoms with Gasteiger partial charge in [-0.1, -0.05) is 70.2 Å². The number of nitrogens with one attached hydrogen (secondary N) is 2. The van der Waals surface area contributed by atoms with E-state index in [0.717, 1.165) is 64.1 Å². The molecule has 4 heteroatoms. The molecule has 0 atom stereocenters. The number of benzene rings is 2. The average Bonchev–Trinajstić information content (AvgIpc) is 2.89. The van der Waals surface area contributed by atoms with Crippen LogP contribution in [0, 0.1) is 0 Å². The third kappa shape index (κ3) is 7.07. The van der Waals surface area contributed by atoms with Crippen LogP contribution in [0.1, 0.15) is 55.6 Å². The van der Waals surface area contributed by atoms with E-state index in [9.17, 15) is 0 Å². The Labute approximate surface area is 206 Å². The van der Waals surface area contributed by atoms with E-state index in [0.29, 0.717) is 0 Å². The lowest BCUT2D eigenvalue weighted by molar-refractivity contribution is 0.283. The van der Waals surface area contributed by atoms with Gasteiger partial charge < -0.3 is 10.6 Å². The predicted molar refractivity (Wildman–Crippen MR) is 147 cm³/mol. The van der Waals surface area contributed by atoms with Gasteiger partial charge in [-0.25, -0.2) is 0 Å². The third-order valence-corrected chi connectivity index (χ3v) is 6.57. The maximum atomic E-state index is 4.58. The van der Waals surface area contributed by atoms with Gasteiger partial charge in [0.25, 0.3) is 0 Å². The predicted octanol–water partition coefficient (Wildman–Crippen LogP) is 6.36. The lowest BCUT2D eigenvalue weighted by Gasteiger charge is -2.25. The lowest BCUT2D eigenvalue weighted by atomic mass is 10.0. The minimum Gasteiger partial charge on any atom is -0.383 e. The Hall–Kier alpha value is -2.85. The highest BCUT2D eigenvalue weighted by molar-refractivity contribution is 5.58. The highest BCUT2D eigenvalue weighted by Gasteiger charge is 2.11. The van der Waals surface area contributed by atoms with Crippen molar-refractivity contribution in [2.24, 2.45) is 0 Å². The minimum atomic E-state index is 0.857. The molecule has 3 aromatic rings. The van der Waals surface area contributed by atoms with E-state index < -0.39 is 0 Å². The van der Waals surface area contributed by atoms with Gasteiger partial charge in [0.1, 0.15) is 0 Å². The van der Waals surface area contributed by atoms with Crippen LogP contribution >= 0.6 is 0 Å². The Morgan fingerprint density at radius 1 is 0.618 bits per heavy atom. The fraction of sp³-hybridized carbons (Fsp3) is 0.433. The molecule has 3 rings (SSSR count). The second-order valence-electron chi connectivity index (χ2n) is 8.77. The third-order valence-electron chi connectivity index (χ3n) is 6.57. The topological polar surface area (TPSA) is 40.2 Å². The van der Waals surface area contributed by atoms with Crippen molar-refractivity contribution in [1.29, 1.82) is 0 Å². The zero-order chi connectivity index (χ0) is 24.2. The Bertz CT molecular complexity index is 894. The van der Waals surface area contributed by atoms with Gasteiger partial charge in [0.15, 0.2) is 0 Å². The first-order chi connectivity index (χ1) is 16.7. The average molecular weight is 459 g/mol. The van der Waals surface area contributed by atoms with E-state index in [-0.39, 0.29) is 0 Å². The molecule has 0 saturated carbocycles. The molecule has 0 bridgehead atoms. The maximum Gasteiger partial charge on any atom is 0.0543 e. The molecule has 0 unspecified atom stereocenters. The van der Waals surface area contributed by atoms with E-state index >= 15 is 0 Å². The number of hydrogen-bond acceptors (Lipinski definition) is 4. The number of anilines is 2. The Morgan fingerprint density at radius 3 is 1.47 bits per heavy atom. The number of pyridine rings is 1. The zero-order valence-electron chi connectivity index (χ0n) is 21.5. The standard InChI is InChI=1S/C30H42N4/c1-5-24-13-11-14-25(6-2)29(24)32-19-21-34(23-28-17-9-10-18-31-28)22-20-33-30-26(7-3)15-12-16-27(30)8-4/h9-18,32-33H,5-8,19-23H2,1-4H3. The molecule has 0 fully saturated rings. The van der Waals surface area contributed by atoms with Crippen molar-refractivity contribution in [2.75, 3.05) is 36.8 Å². The molecular weight excluding hydrogens is 416 g/mol. The summed E-state index contributed by atoms with van der Waals surface area (Å²) in [6.45, 7) is 13.6. The van der Waals surface area contributed by atoms with E-state index in [1.807, 2.05) is 12.3 Å². The van der Waals surface area contributed by atoms with E-state index in [2.05, 4.69) is 96.7 Å². The van der Waals surface area contributed by atoms with Crippen LogP contribution < -0.4 is 10.6 Å². The summed E-state index contributed by atoms with van der Waals surface area (Å²) in [7, 11) is 0. The molecule has 0 aliphatic carbocycles. The number of rotatable bonds is 14. The van der Waals surface area contributed by atoms with E-state index in [1.165, 1.54) is 33.6 Å². The molecule has 0 radical (unpaired) electrons. The van der Waals surface area contributed by atoms with Crippen LogP contribution in [0.2, 0.25) is 0 Å². The minimum absolute atomic E-state index is 0.857. The molecule has 1 heterocycles. The first-order valence-corrected chi connectivity index (χ1v) is 13.0. The van der Waals surface area contributed by atoms with Crippen LogP contribution in [0.4, 0.5) is 11.4 Å². The molecular formula is C30H42N4. The normalized spacial score (nSPS) is 11.1. The number of para-hydroxylation sites is 2. The highest BCUT2D eigenvalue weighted by atomic mass is 15.2. The van der Waals surface area contributed by atoms with Crippen LogP contribution in [0.25, 0.3) is 0 Å². The molecule has 2 N–H and O–H groups in total. The van der Waals surface area contributed by atoms with Gasteiger partial charge in [-0.3, -0.25) is 9.88 Å². The summed E-state index contributed by atoms with van der Waals surface area (Å²) in [6.07, 6.45) is 6.09. The molecule has 34 heavy (non-hydrogen) atoms. The molecule has 182 valence electrons. The lowest BCUT2D eigenvalue weighted by Crippen LogP contribution is -2.33. The fourth-order valence-corrected chi connectivity index (χ4v) is 4.61. The van der Waals surface area contributed by atoms with Crippen molar-refractivity contribution in [3.05, 3.63) is 88.7 Å². The van der Waals surface area contributed by atoms with E-state index in [4.69, 9.17) is 0 Å². The summed E-state index contributed by atoms with van der Waals surface area (Å²) in [5.41, 5.74) is 9.39. The molecule has 2 aromatic carbocycles. The summed E-state index contributed by atoms with van der Waals surface area (Å²) in [5, 5.41) is 7.52. The van der Waals surface area contributed by atoms with Gasteiger partial charge in [-0.15, -0.1) is 0 Å². The van der Waals surface area contributed by atoms with Crippen molar-refractivity contribution in [3.8, 4) is 0 Å². The molecule has 0 spiro atoms. The Balaban J connectivity index is 1.66. The summed E-state index contributed by atoms with van der Waals surface area (Å²) in [4.78, 5) is 7.08. The Kier molecular flexibility index (Phi) is 10.4. The van der Waals surface area contributed by atoms with Crippen molar-refractivity contribution in [3.63, 3.8) is 0 Å². The van der Waals surface area contributed by atoms with Crippen LogP contribution in [-0.4, -0.2) is 36.1 Å². The summed E-state index contributed by atoms with van der Waals surface area (Å²) >= 11 is 0. The largest absolute Gasteiger partial charge is 0.383 e. The molecule has 0 aliphatic rings. The first kappa shape index (κ1) is 25.8.